The molecule has 0 aromatic heterocycles. The number of hydrogen-bond donors (Lipinski definition) is 1. The van der Waals surface area contributed by atoms with Gasteiger partial charge in [0.15, 0.2) is 0 Å². The monoisotopic (exact) mass is 169 g/mol. The van der Waals surface area contributed by atoms with Crippen LogP contribution in [0, 0.1) is 0 Å². The average Bonchev–Trinajstić information content (AvgIpc) is 1.87. The SMILES string of the molecule is CN(C)CCCCCCO.[H-].[Na+]. The van der Waals surface area contributed by atoms with Crippen molar-refractivity contribution in [1.82, 2.24) is 4.90 Å². The maximum Gasteiger partial charge on any atom is 1.00 e. The molecule has 0 aromatic rings. The topological polar surface area (TPSA) is 23.5 Å². The number of rotatable bonds is 6. The van der Waals surface area contributed by atoms with Crippen LogP contribution in [0.5, 0.6) is 0 Å². The minimum atomic E-state index is 0. The van der Waals surface area contributed by atoms with Crippen molar-refractivity contribution in [1.29, 1.82) is 0 Å². The van der Waals surface area contributed by atoms with E-state index < -0.39 is 0 Å². The maximum absolute atomic E-state index is 8.46. The van der Waals surface area contributed by atoms with Crippen molar-refractivity contribution in [2.75, 3.05) is 27.2 Å². The zero-order chi connectivity index (χ0) is 7.82. The van der Waals surface area contributed by atoms with Gasteiger partial charge >= 0.3 is 29.6 Å². The molecule has 64 valence electrons. The summed E-state index contributed by atoms with van der Waals surface area (Å²) in [4.78, 5) is 2.19. The molecule has 0 atom stereocenters. The van der Waals surface area contributed by atoms with E-state index in [2.05, 4.69) is 19.0 Å². The summed E-state index contributed by atoms with van der Waals surface area (Å²) >= 11 is 0. The van der Waals surface area contributed by atoms with Crippen molar-refractivity contribution in [3.63, 3.8) is 0 Å². The van der Waals surface area contributed by atoms with Crippen molar-refractivity contribution in [3.05, 3.63) is 0 Å². The summed E-state index contributed by atoms with van der Waals surface area (Å²) in [6.45, 7) is 1.52. The summed E-state index contributed by atoms with van der Waals surface area (Å²) in [5.41, 5.74) is 0. The average molecular weight is 169 g/mol. The van der Waals surface area contributed by atoms with Gasteiger partial charge in [0.2, 0.25) is 0 Å². The molecule has 0 radical (unpaired) electrons. The van der Waals surface area contributed by atoms with Gasteiger partial charge in [0, 0.05) is 6.61 Å². The fraction of sp³-hybridized carbons (Fsp3) is 1.00. The molecular weight excluding hydrogens is 149 g/mol. The number of unbranched alkanes of at least 4 members (excludes halogenated alkanes) is 3. The number of aliphatic hydroxyl groups excluding tert-OH is 1. The van der Waals surface area contributed by atoms with Crippen molar-refractivity contribution in [2.45, 2.75) is 25.7 Å². The second kappa shape index (κ2) is 10.9. The molecule has 0 spiro atoms. The van der Waals surface area contributed by atoms with Gasteiger partial charge in [0.25, 0.3) is 0 Å². The summed E-state index contributed by atoms with van der Waals surface area (Å²) in [7, 11) is 4.18. The molecule has 1 N–H and O–H groups in total. The molecule has 0 aromatic carbocycles. The van der Waals surface area contributed by atoms with Gasteiger partial charge < -0.3 is 11.4 Å². The van der Waals surface area contributed by atoms with E-state index in [0.717, 1.165) is 6.42 Å². The Hall–Kier alpha value is 0.920. The van der Waals surface area contributed by atoms with Crippen LogP contribution in [0.2, 0.25) is 0 Å². The van der Waals surface area contributed by atoms with Crippen molar-refractivity contribution in [2.24, 2.45) is 0 Å². The van der Waals surface area contributed by atoms with Crippen LogP contribution in [0.25, 0.3) is 0 Å². The van der Waals surface area contributed by atoms with E-state index >= 15 is 0 Å². The quantitative estimate of drug-likeness (QED) is 0.375. The Kier molecular flexibility index (Phi) is 14.3. The normalized spacial score (nSPS) is 9.82. The molecule has 3 heteroatoms. The van der Waals surface area contributed by atoms with Crippen molar-refractivity contribution < 1.29 is 36.1 Å². The molecule has 0 fully saturated rings. The van der Waals surface area contributed by atoms with Crippen LogP contribution in [0.4, 0.5) is 0 Å². The molecule has 0 unspecified atom stereocenters. The standard InChI is InChI=1S/C8H19NO.Na.H/c1-9(2)7-5-3-4-6-8-10;;/h10H,3-8H2,1-2H3;;/q;+1;-1. The molecule has 11 heavy (non-hydrogen) atoms. The van der Waals surface area contributed by atoms with E-state index in [1.165, 1.54) is 25.8 Å². The summed E-state index contributed by atoms with van der Waals surface area (Å²) in [6, 6.07) is 0. The third-order valence-corrected chi connectivity index (χ3v) is 1.51. The third kappa shape index (κ3) is 13.9. The van der Waals surface area contributed by atoms with E-state index in [1.807, 2.05) is 0 Å². The molecule has 2 nitrogen and oxygen atoms in total. The van der Waals surface area contributed by atoms with Gasteiger partial charge in [-0.3, -0.25) is 0 Å². The summed E-state index contributed by atoms with van der Waals surface area (Å²) < 4.78 is 0. The van der Waals surface area contributed by atoms with Gasteiger partial charge in [-0.15, -0.1) is 0 Å². The van der Waals surface area contributed by atoms with E-state index in [1.54, 1.807) is 0 Å². The molecule has 0 heterocycles. The Morgan fingerprint density at radius 1 is 1.09 bits per heavy atom. The second-order valence-corrected chi connectivity index (χ2v) is 2.94. The van der Waals surface area contributed by atoms with Gasteiger partial charge in [-0.05, 0) is 33.5 Å². The van der Waals surface area contributed by atoms with Gasteiger partial charge in [-0.2, -0.15) is 0 Å². The van der Waals surface area contributed by atoms with Crippen LogP contribution < -0.4 is 29.6 Å². The van der Waals surface area contributed by atoms with Crippen molar-refractivity contribution >= 4 is 0 Å². The third-order valence-electron chi connectivity index (χ3n) is 1.51. The maximum atomic E-state index is 8.46. The van der Waals surface area contributed by atoms with Gasteiger partial charge in [-0.1, -0.05) is 12.8 Å². The molecule has 0 saturated carbocycles. The van der Waals surface area contributed by atoms with Gasteiger partial charge in [-0.25, -0.2) is 0 Å². The first-order valence-electron chi connectivity index (χ1n) is 4.03. The van der Waals surface area contributed by atoms with Crippen LogP contribution in [0.15, 0.2) is 0 Å². The predicted octanol–water partition coefficient (Wildman–Crippen LogP) is -1.78. The first-order valence-corrected chi connectivity index (χ1v) is 4.03. The zero-order valence-corrected chi connectivity index (χ0v) is 10.1. The first-order chi connectivity index (χ1) is 4.77. The van der Waals surface area contributed by atoms with Crippen molar-refractivity contribution in [3.8, 4) is 0 Å². The molecule has 0 amide bonds. The number of aliphatic hydroxyl groups is 1. The number of nitrogens with zero attached hydrogens (tertiary/aromatic N) is 1. The Bertz CT molecular complexity index is 74.1. The number of hydrogen-bond acceptors (Lipinski definition) is 2. The molecule has 0 saturated heterocycles. The van der Waals surface area contributed by atoms with Gasteiger partial charge in [0.1, 0.15) is 0 Å². The van der Waals surface area contributed by atoms with Crippen LogP contribution in [0.1, 0.15) is 27.1 Å². The Balaban J connectivity index is -0.000000405. The van der Waals surface area contributed by atoms with Gasteiger partial charge in [0.05, 0.1) is 0 Å². The fourth-order valence-electron chi connectivity index (χ4n) is 0.893. The van der Waals surface area contributed by atoms with E-state index in [-0.39, 0.29) is 31.0 Å². The Labute approximate surface area is 93.7 Å². The fourth-order valence-corrected chi connectivity index (χ4v) is 0.893. The zero-order valence-electron chi connectivity index (χ0n) is 9.14. The molecule has 0 aliphatic carbocycles. The second-order valence-electron chi connectivity index (χ2n) is 2.94. The van der Waals surface area contributed by atoms with E-state index in [4.69, 9.17) is 5.11 Å². The van der Waals surface area contributed by atoms with E-state index in [0.29, 0.717) is 6.61 Å². The minimum Gasteiger partial charge on any atom is -1.00 e. The summed E-state index contributed by atoms with van der Waals surface area (Å²) in [5.74, 6) is 0. The minimum absolute atomic E-state index is 0. The smallest absolute Gasteiger partial charge is 1.00 e. The molecule has 0 bridgehead atoms. The largest absolute Gasteiger partial charge is 1.00 e. The summed E-state index contributed by atoms with van der Waals surface area (Å²) in [6.07, 6.45) is 4.64. The Morgan fingerprint density at radius 3 is 2.09 bits per heavy atom. The van der Waals surface area contributed by atoms with Crippen LogP contribution >= 0.6 is 0 Å². The summed E-state index contributed by atoms with van der Waals surface area (Å²) in [5, 5.41) is 8.46. The molecular formula is C8H20NNaO. The van der Waals surface area contributed by atoms with Crippen LogP contribution in [-0.4, -0.2) is 37.3 Å². The predicted molar refractivity (Wildman–Crippen MR) is 45.2 cm³/mol. The van der Waals surface area contributed by atoms with E-state index in [9.17, 15) is 0 Å². The molecule has 0 rings (SSSR count). The molecule has 0 aliphatic heterocycles. The Morgan fingerprint density at radius 2 is 1.64 bits per heavy atom. The van der Waals surface area contributed by atoms with Crippen LogP contribution in [-0.2, 0) is 0 Å². The first kappa shape index (κ1) is 14.4. The molecule has 0 aliphatic rings. The van der Waals surface area contributed by atoms with Crippen LogP contribution in [0.3, 0.4) is 0 Å².